The first kappa shape index (κ1) is 21.8. The van der Waals surface area contributed by atoms with E-state index in [2.05, 4.69) is 67.7 Å². The second-order valence-corrected chi connectivity index (χ2v) is 8.50. The smallest absolute Gasteiger partial charge is 0.191 e. The Morgan fingerprint density at radius 1 is 1.06 bits per heavy atom. The number of aliphatic imine (C=N–C) groups is 1. The van der Waals surface area contributed by atoms with E-state index in [1.165, 1.54) is 16.0 Å². The lowest BCUT2D eigenvalue weighted by atomic mass is 10.1. The summed E-state index contributed by atoms with van der Waals surface area (Å²) in [5.41, 5.74) is 2.39. The number of hydrogen-bond donors (Lipinski definition) is 2. The van der Waals surface area contributed by atoms with Crippen LogP contribution in [0.1, 0.15) is 27.7 Å². The quantitative estimate of drug-likeness (QED) is 0.304. The molecule has 32 heavy (non-hydrogen) atoms. The fraction of sp³-hybridized carbons (Fsp3) is 0.304. The minimum Gasteiger partial charge on any atom is -0.356 e. The third-order valence-corrected chi connectivity index (χ3v) is 6.19. The molecule has 0 aliphatic heterocycles. The van der Waals surface area contributed by atoms with Crippen molar-refractivity contribution >= 4 is 17.3 Å². The molecule has 0 fully saturated rings. The number of aryl methyl sites for hydroxylation is 1. The lowest BCUT2D eigenvalue weighted by molar-refractivity contribution is 0.680. The number of aromatic nitrogens is 5. The number of hydrogen-bond acceptors (Lipinski definition) is 5. The monoisotopic (exact) mass is 448 g/mol. The molecule has 8 nitrogen and oxygen atoms in total. The molecule has 0 unspecified atom stereocenters. The summed E-state index contributed by atoms with van der Waals surface area (Å²) >= 11 is 1.77. The molecule has 1 aromatic carbocycles. The van der Waals surface area contributed by atoms with Gasteiger partial charge in [0.1, 0.15) is 5.82 Å². The zero-order valence-electron chi connectivity index (χ0n) is 18.4. The van der Waals surface area contributed by atoms with Crippen molar-refractivity contribution in [2.45, 2.75) is 33.0 Å². The Morgan fingerprint density at radius 3 is 2.66 bits per heavy atom. The van der Waals surface area contributed by atoms with Gasteiger partial charge in [-0.3, -0.25) is 4.68 Å². The molecule has 0 aliphatic rings. The maximum absolute atomic E-state index is 4.86. The highest BCUT2D eigenvalue weighted by Crippen LogP contribution is 2.12. The van der Waals surface area contributed by atoms with Crippen molar-refractivity contribution in [1.29, 1.82) is 0 Å². The maximum atomic E-state index is 4.86. The van der Waals surface area contributed by atoms with Crippen LogP contribution >= 0.6 is 11.3 Å². The average molecular weight is 449 g/mol. The molecule has 0 spiro atoms. The fourth-order valence-corrected chi connectivity index (χ4v) is 4.01. The first-order valence-electron chi connectivity index (χ1n) is 10.6. The van der Waals surface area contributed by atoms with E-state index in [9.17, 15) is 0 Å². The van der Waals surface area contributed by atoms with Crippen LogP contribution in [0.5, 0.6) is 0 Å². The summed E-state index contributed by atoms with van der Waals surface area (Å²) in [6.45, 7) is 4.60. The molecule has 0 saturated carbocycles. The normalized spacial score (nSPS) is 11.6. The van der Waals surface area contributed by atoms with Crippen LogP contribution in [0.4, 0.5) is 0 Å². The minimum absolute atomic E-state index is 0.553. The van der Waals surface area contributed by atoms with Crippen LogP contribution in [0.3, 0.4) is 0 Å². The summed E-state index contributed by atoms with van der Waals surface area (Å²) in [4.78, 5) is 6.22. The highest BCUT2D eigenvalue weighted by molar-refractivity contribution is 7.09. The largest absolute Gasteiger partial charge is 0.356 e. The third kappa shape index (κ3) is 5.82. The molecular weight excluding hydrogens is 420 g/mol. The Balaban J connectivity index is 1.45. The average Bonchev–Trinajstić information content (AvgIpc) is 3.56. The van der Waals surface area contributed by atoms with Crippen LogP contribution in [0.2, 0.25) is 0 Å². The van der Waals surface area contributed by atoms with Crippen molar-refractivity contribution in [1.82, 2.24) is 35.2 Å². The predicted octanol–water partition coefficient (Wildman–Crippen LogP) is 2.91. The molecule has 3 aromatic heterocycles. The lowest BCUT2D eigenvalue weighted by Crippen LogP contribution is -2.38. The summed E-state index contributed by atoms with van der Waals surface area (Å²) in [5, 5.41) is 21.7. The van der Waals surface area contributed by atoms with Gasteiger partial charge in [0, 0.05) is 30.9 Å². The van der Waals surface area contributed by atoms with Gasteiger partial charge in [0.2, 0.25) is 0 Å². The van der Waals surface area contributed by atoms with E-state index < -0.39 is 0 Å². The van der Waals surface area contributed by atoms with E-state index in [1.807, 2.05) is 35.5 Å². The minimum atomic E-state index is 0.553. The van der Waals surface area contributed by atoms with Crippen molar-refractivity contribution in [3.63, 3.8) is 0 Å². The fourth-order valence-electron chi connectivity index (χ4n) is 3.30. The number of rotatable bonds is 9. The number of guanidine groups is 1. The zero-order valence-corrected chi connectivity index (χ0v) is 19.2. The molecule has 4 rings (SSSR count). The van der Waals surface area contributed by atoms with E-state index in [0.717, 1.165) is 37.1 Å². The van der Waals surface area contributed by atoms with E-state index in [1.54, 1.807) is 17.5 Å². The Bertz CT molecular complexity index is 1130. The van der Waals surface area contributed by atoms with Gasteiger partial charge in [-0.05, 0) is 42.0 Å². The number of nitrogens with one attached hydrogen (secondary N) is 2. The molecule has 0 atom stereocenters. The van der Waals surface area contributed by atoms with Crippen molar-refractivity contribution in [2.75, 3.05) is 6.54 Å². The van der Waals surface area contributed by atoms with Gasteiger partial charge in [-0.15, -0.1) is 21.5 Å². The number of nitrogens with zero attached hydrogens (tertiary/aromatic N) is 6. The Labute approximate surface area is 192 Å². The number of benzene rings is 1. The maximum Gasteiger partial charge on any atom is 0.191 e. The van der Waals surface area contributed by atoms with Crippen molar-refractivity contribution in [3.8, 4) is 0 Å². The standard InChI is InChI=1S/C23H28N8S/c1-18-28-29-22(30(18)2)16-26-23(24-12-10-21-9-5-14-32-21)25-15-19-7-3-4-8-20(19)17-31-13-6-11-27-31/h3-9,11,13-14H,10,12,15-17H2,1-2H3,(H2,24,25,26). The highest BCUT2D eigenvalue weighted by Gasteiger charge is 2.08. The van der Waals surface area contributed by atoms with Crippen LogP contribution in [0.25, 0.3) is 0 Å². The van der Waals surface area contributed by atoms with E-state index in [-0.39, 0.29) is 0 Å². The summed E-state index contributed by atoms with van der Waals surface area (Å²) in [6, 6.07) is 14.5. The first-order valence-corrected chi connectivity index (χ1v) is 11.5. The zero-order chi connectivity index (χ0) is 22.2. The van der Waals surface area contributed by atoms with E-state index in [4.69, 9.17) is 4.99 Å². The summed E-state index contributed by atoms with van der Waals surface area (Å²) in [7, 11) is 1.97. The second kappa shape index (κ2) is 10.7. The third-order valence-electron chi connectivity index (χ3n) is 5.26. The van der Waals surface area contributed by atoms with Gasteiger partial charge in [-0.25, -0.2) is 4.99 Å². The van der Waals surface area contributed by atoms with Gasteiger partial charge in [0.15, 0.2) is 11.8 Å². The first-order chi connectivity index (χ1) is 15.7. The molecule has 9 heteroatoms. The molecule has 0 amide bonds. The summed E-state index contributed by atoms with van der Waals surface area (Å²) < 4.78 is 3.91. The molecule has 166 valence electrons. The van der Waals surface area contributed by atoms with Gasteiger partial charge in [-0.1, -0.05) is 30.3 Å². The molecule has 2 N–H and O–H groups in total. The molecule has 0 aliphatic carbocycles. The highest BCUT2D eigenvalue weighted by atomic mass is 32.1. The van der Waals surface area contributed by atoms with Gasteiger partial charge >= 0.3 is 0 Å². The Hall–Kier alpha value is -3.46. The lowest BCUT2D eigenvalue weighted by Gasteiger charge is -2.13. The second-order valence-electron chi connectivity index (χ2n) is 7.47. The summed E-state index contributed by atoms with van der Waals surface area (Å²) in [5.74, 6) is 2.52. The van der Waals surface area contributed by atoms with Gasteiger partial charge in [-0.2, -0.15) is 5.10 Å². The van der Waals surface area contributed by atoms with Crippen LogP contribution in [-0.2, 0) is 33.1 Å². The van der Waals surface area contributed by atoms with Crippen LogP contribution in [0, 0.1) is 6.92 Å². The van der Waals surface area contributed by atoms with Crippen LogP contribution < -0.4 is 10.6 Å². The summed E-state index contributed by atoms with van der Waals surface area (Å²) in [6.07, 6.45) is 4.73. The van der Waals surface area contributed by atoms with Gasteiger partial charge in [0.25, 0.3) is 0 Å². The molecule has 0 bridgehead atoms. The van der Waals surface area contributed by atoms with Gasteiger partial charge in [0.05, 0.1) is 19.6 Å². The molecule has 4 aromatic rings. The predicted molar refractivity (Wildman–Crippen MR) is 128 cm³/mol. The Morgan fingerprint density at radius 2 is 1.94 bits per heavy atom. The van der Waals surface area contributed by atoms with Crippen LogP contribution in [0.15, 0.2) is 65.2 Å². The van der Waals surface area contributed by atoms with Crippen molar-refractivity contribution in [2.24, 2.45) is 12.0 Å². The SMILES string of the molecule is Cc1nnc(CNC(=NCc2ccccc2Cn2cccn2)NCCc2cccs2)n1C. The molecule has 0 radical (unpaired) electrons. The van der Waals surface area contributed by atoms with Crippen molar-refractivity contribution < 1.29 is 0 Å². The van der Waals surface area contributed by atoms with E-state index >= 15 is 0 Å². The van der Waals surface area contributed by atoms with Crippen molar-refractivity contribution in [3.05, 3.63) is 87.9 Å². The molecule has 3 heterocycles. The van der Waals surface area contributed by atoms with E-state index in [0.29, 0.717) is 13.1 Å². The molecular formula is C23H28N8S. The number of thiophene rings is 1. The molecule has 0 saturated heterocycles. The Kier molecular flexibility index (Phi) is 7.29. The topological polar surface area (TPSA) is 85.0 Å². The van der Waals surface area contributed by atoms with Crippen LogP contribution in [-0.4, -0.2) is 37.0 Å². The van der Waals surface area contributed by atoms with Gasteiger partial charge < -0.3 is 15.2 Å².